The van der Waals surface area contributed by atoms with E-state index in [0.29, 0.717) is 5.82 Å². The number of nitro groups is 1. The first-order valence-electron chi connectivity index (χ1n) is 5.16. The average Bonchev–Trinajstić information content (AvgIpc) is 2.83. The van der Waals surface area contributed by atoms with E-state index < -0.39 is 10.8 Å². The molecule has 1 amide bonds. The summed E-state index contributed by atoms with van der Waals surface area (Å²) in [6.45, 7) is 1.80. The number of thiophene rings is 1. The number of nitrogens with zero attached hydrogens (tertiary/aromatic N) is 2. The minimum Gasteiger partial charge on any atom is -0.306 e. The van der Waals surface area contributed by atoms with Gasteiger partial charge in [0, 0.05) is 10.5 Å². The van der Waals surface area contributed by atoms with Crippen LogP contribution in [0.5, 0.6) is 0 Å². The summed E-state index contributed by atoms with van der Waals surface area (Å²) in [5.74, 6) is -0.00549. The highest BCUT2D eigenvalue weighted by atomic mass is 79.9. The fraction of sp³-hybridized carbons (Fsp3) is 0.0909. The van der Waals surface area contributed by atoms with Crippen molar-refractivity contribution in [2.24, 2.45) is 0 Å². The van der Waals surface area contributed by atoms with Crippen molar-refractivity contribution in [2.75, 3.05) is 5.32 Å². The molecule has 0 aromatic carbocycles. The van der Waals surface area contributed by atoms with Crippen molar-refractivity contribution in [3.05, 3.63) is 49.4 Å². The summed E-state index contributed by atoms with van der Waals surface area (Å²) < 4.78 is 0.845. The van der Waals surface area contributed by atoms with Crippen LogP contribution in [0.1, 0.15) is 15.4 Å². The van der Waals surface area contributed by atoms with E-state index in [1.165, 1.54) is 12.1 Å². The van der Waals surface area contributed by atoms with E-state index >= 15 is 0 Å². The van der Waals surface area contributed by atoms with E-state index in [9.17, 15) is 14.9 Å². The van der Waals surface area contributed by atoms with E-state index in [-0.39, 0.29) is 9.88 Å². The van der Waals surface area contributed by atoms with Gasteiger partial charge in [0.15, 0.2) is 0 Å². The summed E-state index contributed by atoms with van der Waals surface area (Å²) in [5, 5.41) is 13.1. The van der Waals surface area contributed by atoms with E-state index in [2.05, 4.69) is 26.2 Å². The van der Waals surface area contributed by atoms with Gasteiger partial charge in [0.2, 0.25) is 0 Å². The molecule has 0 spiro atoms. The minimum absolute atomic E-state index is 0.0647. The lowest BCUT2D eigenvalue weighted by molar-refractivity contribution is -0.380. The third-order valence-electron chi connectivity index (χ3n) is 2.26. The number of halogens is 1. The molecule has 0 saturated heterocycles. The zero-order valence-corrected chi connectivity index (χ0v) is 12.1. The van der Waals surface area contributed by atoms with Gasteiger partial charge in [0.25, 0.3) is 5.91 Å². The molecule has 0 aliphatic carbocycles. The molecule has 2 heterocycles. The number of aromatic nitrogens is 1. The predicted molar refractivity (Wildman–Crippen MR) is 75.6 cm³/mol. The maximum atomic E-state index is 11.9. The smallest absolute Gasteiger partial charge is 0.306 e. The number of hydrogen-bond donors (Lipinski definition) is 1. The Morgan fingerprint density at radius 2 is 2.16 bits per heavy atom. The van der Waals surface area contributed by atoms with Crippen molar-refractivity contribution in [1.82, 2.24) is 4.98 Å². The van der Waals surface area contributed by atoms with Gasteiger partial charge in [0.1, 0.15) is 5.82 Å². The molecule has 0 aliphatic heterocycles. The second-order valence-corrected chi connectivity index (χ2v) is 5.53. The van der Waals surface area contributed by atoms with Crippen LogP contribution in [0.15, 0.2) is 28.7 Å². The van der Waals surface area contributed by atoms with Gasteiger partial charge in [-0.3, -0.25) is 14.9 Å². The van der Waals surface area contributed by atoms with Crippen LogP contribution < -0.4 is 5.32 Å². The van der Waals surface area contributed by atoms with Crippen molar-refractivity contribution >= 4 is 44.0 Å². The lowest BCUT2D eigenvalue weighted by atomic mass is 10.3. The SMILES string of the molecule is Cc1nc(NC(=O)c2ccc([N+](=O)[O-])s2)ccc1Br. The van der Waals surface area contributed by atoms with Crippen LogP contribution in [0, 0.1) is 17.0 Å². The lowest BCUT2D eigenvalue weighted by Crippen LogP contribution is -2.11. The van der Waals surface area contributed by atoms with Crippen LogP contribution in [0.2, 0.25) is 0 Å². The molecular formula is C11H8BrN3O3S. The highest BCUT2D eigenvalue weighted by molar-refractivity contribution is 9.10. The van der Waals surface area contributed by atoms with Gasteiger partial charge in [-0.15, -0.1) is 0 Å². The summed E-state index contributed by atoms with van der Waals surface area (Å²) in [4.78, 5) is 26.3. The molecule has 0 fully saturated rings. The molecule has 0 atom stereocenters. The number of anilines is 1. The van der Waals surface area contributed by atoms with E-state index in [1.54, 1.807) is 19.1 Å². The zero-order valence-electron chi connectivity index (χ0n) is 9.71. The largest absolute Gasteiger partial charge is 0.324 e. The standard InChI is InChI=1S/C11H8BrN3O3S/c1-6-7(12)2-4-9(13-6)14-11(16)8-3-5-10(19-8)15(17)18/h2-5H,1H3,(H,13,14,16). The molecule has 6 nitrogen and oxygen atoms in total. The number of hydrogen-bond acceptors (Lipinski definition) is 5. The molecule has 19 heavy (non-hydrogen) atoms. The van der Waals surface area contributed by atoms with Crippen LogP contribution in [0.25, 0.3) is 0 Å². The Morgan fingerprint density at radius 3 is 2.74 bits per heavy atom. The first-order chi connectivity index (χ1) is 8.97. The van der Waals surface area contributed by atoms with Crippen LogP contribution in [-0.2, 0) is 0 Å². The topological polar surface area (TPSA) is 85.1 Å². The second-order valence-electron chi connectivity index (χ2n) is 3.61. The summed E-state index contributed by atoms with van der Waals surface area (Å²) in [6, 6.07) is 6.15. The van der Waals surface area contributed by atoms with E-state index in [4.69, 9.17) is 0 Å². The van der Waals surface area contributed by atoms with Gasteiger partial charge in [-0.2, -0.15) is 0 Å². The molecule has 8 heteroatoms. The number of aryl methyl sites for hydroxylation is 1. The molecule has 0 radical (unpaired) electrons. The number of amides is 1. The van der Waals surface area contributed by atoms with E-state index in [1.807, 2.05) is 0 Å². The Labute approximate surface area is 120 Å². The number of rotatable bonds is 3. The molecular weight excluding hydrogens is 334 g/mol. The van der Waals surface area contributed by atoms with Crippen molar-refractivity contribution in [3.63, 3.8) is 0 Å². The Kier molecular flexibility index (Phi) is 3.91. The number of carbonyl (C=O) groups is 1. The fourth-order valence-corrected chi connectivity index (χ4v) is 2.28. The van der Waals surface area contributed by atoms with Gasteiger partial charge >= 0.3 is 5.00 Å². The molecule has 0 saturated carbocycles. The molecule has 2 aromatic rings. The van der Waals surface area contributed by atoms with Crippen molar-refractivity contribution in [2.45, 2.75) is 6.92 Å². The average molecular weight is 342 g/mol. The quantitative estimate of drug-likeness (QED) is 0.684. The van der Waals surface area contributed by atoms with Crippen LogP contribution >= 0.6 is 27.3 Å². The highest BCUT2D eigenvalue weighted by Gasteiger charge is 2.15. The summed E-state index contributed by atoms with van der Waals surface area (Å²) in [5.41, 5.74) is 0.745. The van der Waals surface area contributed by atoms with Gasteiger partial charge in [-0.05, 0) is 41.1 Å². The summed E-state index contributed by atoms with van der Waals surface area (Å²) >= 11 is 4.14. The van der Waals surface area contributed by atoms with Gasteiger partial charge < -0.3 is 5.32 Å². The first kappa shape index (κ1) is 13.6. The molecule has 2 aromatic heterocycles. The predicted octanol–water partition coefficient (Wildman–Crippen LogP) is 3.37. The van der Waals surface area contributed by atoms with Crippen molar-refractivity contribution < 1.29 is 9.72 Å². The highest BCUT2D eigenvalue weighted by Crippen LogP contribution is 2.24. The van der Waals surface area contributed by atoms with Crippen LogP contribution in [0.4, 0.5) is 10.8 Å². The summed E-state index contributed by atoms with van der Waals surface area (Å²) in [7, 11) is 0. The third-order valence-corrected chi connectivity index (χ3v) is 4.13. The number of pyridine rings is 1. The Bertz CT molecular complexity index is 656. The number of carbonyl (C=O) groups excluding carboxylic acids is 1. The molecule has 0 unspecified atom stereocenters. The maximum absolute atomic E-state index is 11.9. The molecule has 0 aliphatic rings. The van der Waals surface area contributed by atoms with Gasteiger partial charge in [0.05, 0.1) is 15.5 Å². The monoisotopic (exact) mass is 341 g/mol. The molecule has 2 rings (SSSR count). The third kappa shape index (κ3) is 3.15. The van der Waals surface area contributed by atoms with Crippen molar-refractivity contribution in [1.29, 1.82) is 0 Å². The van der Waals surface area contributed by atoms with Gasteiger partial charge in [-0.25, -0.2) is 4.98 Å². The normalized spacial score (nSPS) is 10.2. The molecule has 98 valence electrons. The van der Waals surface area contributed by atoms with Crippen LogP contribution in [-0.4, -0.2) is 15.8 Å². The Hall–Kier alpha value is -1.80. The Balaban J connectivity index is 2.15. The van der Waals surface area contributed by atoms with E-state index in [0.717, 1.165) is 21.5 Å². The molecule has 0 bridgehead atoms. The first-order valence-corrected chi connectivity index (χ1v) is 6.77. The molecule has 1 N–H and O–H groups in total. The lowest BCUT2D eigenvalue weighted by Gasteiger charge is -2.04. The fourth-order valence-electron chi connectivity index (χ4n) is 1.34. The van der Waals surface area contributed by atoms with Gasteiger partial charge in [-0.1, -0.05) is 11.3 Å². The number of nitrogens with one attached hydrogen (secondary N) is 1. The second kappa shape index (κ2) is 5.45. The maximum Gasteiger partial charge on any atom is 0.324 e. The zero-order chi connectivity index (χ0) is 14.0. The Morgan fingerprint density at radius 1 is 1.42 bits per heavy atom. The van der Waals surface area contributed by atoms with Crippen molar-refractivity contribution in [3.8, 4) is 0 Å². The van der Waals surface area contributed by atoms with Crippen LogP contribution in [0.3, 0.4) is 0 Å². The summed E-state index contributed by atoms with van der Waals surface area (Å²) in [6.07, 6.45) is 0. The minimum atomic E-state index is -0.524.